The Morgan fingerprint density at radius 2 is 2.08 bits per heavy atom. The topological polar surface area (TPSA) is 38.9 Å². The minimum atomic E-state index is 0.326. The summed E-state index contributed by atoms with van der Waals surface area (Å²) in [6.07, 6.45) is 7.05. The van der Waals surface area contributed by atoms with Crippen LogP contribution in [0.2, 0.25) is 0 Å². The van der Waals surface area contributed by atoms with E-state index in [0.29, 0.717) is 6.04 Å². The van der Waals surface area contributed by atoms with Gasteiger partial charge in [-0.2, -0.15) is 0 Å². The average Bonchev–Trinajstić information content (AvgIpc) is 2.05. The van der Waals surface area contributed by atoms with Crippen LogP contribution in [0.25, 0.3) is 0 Å². The molecule has 2 heteroatoms. The van der Waals surface area contributed by atoms with Gasteiger partial charge in [-0.15, -0.1) is 0 Å². The Labute approximate surface area is 73.8 Å². The largest absolute Gasteiger partial charge is 0.328 e. The second-order valence-electron chi connectivity index (χ2n) is 3.22. The third-order valence-electron chi connectivity index (χ3n) is 1.87. The Bertz CT molecular complexity index is 206. The van der Waals surface area contributed by atoms with Gasteiger partial charge in [0.15, 0.2) is 0 Å². The van der Waals surface area contributed by atoms with Gasteiger partial charge >= 0.3 is 0 Å². The van der Waals surface area contributed by atoms with Crippen molar-refractivity contribution < 1.29 is 0 Å². The normalized spacial score (nSPS) is 12.8. The summed E-state index contributed by atoms with van der Waals surface area (Å²) in [6, 6.07) is 4.44. The third kappa shape index (κ3) is 3.49. The van der Waals surface area contributed by atoms with Crippen LogP contribution in [0, 0.1) is 0 Å². The van der Waals surface area contributed by atoms with E-state index in [4.69, 9.17) is 5.73 Å². The van der Waals surface area contributed by atoms with Crippen LogP contribution in [0.5, 0.6) is 0 Å². The Balaban J connectivity index is 2.25. The standard InChI is InChI=1S/C10H16N2/c1-9(11)3-2-4-10-5-7-12-8-6-10/h5-9H,2-4,11H2,1H3/t9-/m1/s1. The highest BCUT2D eigenvalue weighted by Gasteiger charge is 1.95. The van der Waals surface area contributed by atoms with Crippen molar-refractivity contribution in [3.05, 3.63) is 30.1 Å². The molecule has 0 fully saturated rings. The lowest BCUT2D eigenvalue weighted by Gasteiger charge is -2.03. The first-order valence-corrected chi connectivity index (χ1v) is 4.43. The van der Waals surface area contributed by atoms with Gasteiger partial charge < -0.3 is 5.73 Å². The van der Waals surface area contributed by atoms with E-state index in [-0.39, 0.29) is 0 Å². The molecule has 2 N–H and O–H groups in total. The molecule has 0 radical (unpaired) electrons. The predicted molar refractivity (Wildman–Crippen MR) is 50.8 cm³/mol. The molecule has 0 spiro atoms. The van der Waals surface area contributed by atoms with Crippen LogP contribution >= 0.6 is 0 Å². The summed E-state index contributed by atoms with van der Waals surface area (Å²) in [7, 11) is 0. The molecule has 0 bridgehead atoms. The summed E-state index contributed by atoms with van der Waals surface area (Å²) in [5.41, 5.74) is 7.00. The van der Waals surface area contributed by atoms with Crippen LogP contribution in [0.4, 0.5) is 0 Å². The van der Waals surface area contributed by atoms with Crippen LogP contribution in [0.3, 0.4) is 0 Å². The monoisotopic (exact) mass is 164 g/mol. The number of pyridine rings is 1. The molecule has 0 aromatic carbocycles. The minimum absolute atomic E-state index is 0.326. The van der Waals surface area contributed by atoms with Crippen LogP contribution in [-0.2, 0) is 6.42 Å². The van der Waals surface area contributed by atoms with Crippen molar-refractivity contribution in [3.63, 3.8) is 0 Å². The number of hydrogen-bond acceptors (Lipinski definition) is 2. The lowest BCUT2D eigenvalue weighted by atomic mass is 10.1. The molecular weight excluding hydrogens is 148 g/mol. The Hall–Kier alpha value is -0.890. The van der Waals surface area contributed by atoms with Crippen LogP contribution in [-0.4, -0.2) is 11.0 Å². The zero-order valence-electron chi connectivity index (χ0n) is 7.53. The smallest absolute Gasteiger partial charge is 0.0270 e. The molecule has 0 unspecified atom stereocenters. The Kier molecular flexibility index (Phi) is 3.74. The van der Waals surface area contributed by atoms with E-state index in [2.05, 4.69) is 17.1 Å². The average molecular weight is 164 g/mol. The van der Waals surface area contributed by atoms with E-state index in [1.165, 1.54) is 12.0 Å². The van der Waals surface area contributed by atoms with Gasteiger partial charge in [-0.3, -0.25) is 4.98 Å². The second kappa shape index (κ2) is 4.88. The summed E-state index contributed by atoms with van der Waals surface area (Å²) >= 11 is 0. The maximum Gasteiger partial charge on any atom is 0.0270 e. The number of nitrogens with two attached hydrogens (primary N) is 1. The predicted octanol–water partition coefficient (Wildman–Crippen LogP) is 1.75. The van der Waals surface area contributed by atoms with Gasteiger partial charge in [0.1, 0.15) is 0 Å². The van der Waals surface area contributed by atoms with Crippen LogP contribution in [0.1, 0.15) is 25.3 Å². The van der Waals surface area contributed by atoms with E-state index in [0.717, 1.165) is 12.8 Å². The molecule has 1 rings (SSSR count). The number of nitrogens with zero attached hydrogens (tertiary/aromatic N) is 1. The van der Waals surface area contributed by atoms with Gasteiger partial charge in [-0.25, -0.2) is 0 Å². The van der Waals surface area contributed by atoms with Crippen molar-refractivity contribution in [1.82, 2.24) is 4.98 Å². The van der Waals surface area contributed by atoms with Crippen LogP contribution in [0.15, 0.2) is 24.5 Å². The molecule has 0 aliphatic heterocycles. The van der Waals surface area contributed by atoms with E-state index in [9.17, 15) is 0 Å². The van der Waals surface area contributed by atoms with Gasteiger partial charge in [0.25, 0.3) is 0 Å². The quantitative estimate of drug-likeness (QED) is 0.736. The molecule has 1 heterocycles. The first-order valence-electron chi connectivity index (χ1n) is 4.43. The summed E-state index contributed by atoms with van der Waals surface area (Å²) < 4.78 is 0. The molecule has 1 atom stereocenters. The van der Waals surface area contributed by atoms with Crippen molar-refractivity contribution in [3.8, 4) is 0 Å². The number of hydrogen-bond donors (Lipinski definition) is 1. The molecule has 2 nitrogen and oxygen atoms in total. The molecule has 66 valence electrons. The van der Waals surface area contributed by atoms with Gasteiger partial charge in [0, 0.05) is 18.4 Å². The first-order chi connectivity index (χ1) is 5.79. The molecule has 0 saturated carbocycles. The molecule has 0 saturated heterocycles. The molecule has 0 amide bonds. The SMILES string of the molecule is C[C@@H](N)CCCc1ccncc1. The lowest BCUT2D eigenvalue weighted by molar-refractivity contribution is 0.624. The van der Waals surface area contributed by atoms with Gasteiger partial charge in [-0.05, 0) is 43.9 Å². The van der Waals surface area contributed by atoms with E-state index >= 15 is 0 Å². The van der Waals surface area contributed by atoms with E-state index < -0.39 is 0 Å². The molecular formula is C10H16N2. The Morgan fingerprint density at radius 3 is 2.67 bits per heavy atom. The zero-order valence-corrected chi connectivity index (χ0v) is 7.53. The van der Waals surface area contributed by atoms with E-state index in [1.54, 1.807) is 0 Å². The maximum absolute atomic E-state index is 5.64. The number of rotatable bonds is 4. The summed E-state index contributed by atoms with van der Waals surface area (Å²) in [5, 5.41) is 0. The molecule has 1 aromatic heterocycles. The number of aryl methyl sites for hydroxylation is 1. The van der Waals surface area contributed by atoms with Crippen LogP contribution < -0.4 is 5.73 Å². The van der Waals surface area contributed by atoms with Gasteiger partial charge in [-0.1, -0.05) is 0 Å². The second-order valence-corrected chi connectivity index (χ2v) is 3.22. The van der Waals surface area contributed by atoms with Crippen molar-refractivity contribution in [2.75, 3.05) is 0 Å². The van der Waals surface area contributed by atoms with Crippen molar-refractivity contribution >= 4 is 0 Å². The fourth-order valence-corrected chi connectivity index (χ4v) is 1.18. The van der Waals surface area contributed by atoms with Gasteiger partial charge in [0.2, 0.25) is 0 Å². The molecule has 1 aromatic rings. The molecule has 0 aliphatic rings. The molecule has 0 aliphatic carbocycles. The fourth-order valence-electron chi connectivity index (χ4n) is 1.18. The minimum Gasteiger partial charge on any atom is -0.328 e. The first kappa shape index (κ1) is 9.20. The van der Waals surface area contributed by atoms with Gasteiger partial charge in [0.05, 0.1) is 0 Å². The summed E-state index contributed by atoms with van der Waals surface area (Å²) in [4.78, 5) is 3.96. The van der Waals surface area contributed by atoms with Crippen molar-refractivity contribution in [2.24, 2.45) is 5.73 Å². The zero-order chi connectivity index (χ0) is 8.81. The number of aromatic nitrogens is 1. The summed E-state index contributed by atoms with van der Waals surface area (Å²) in [5.74, 6) is 0. The highest BCUT2D eigenvalue weighted by molar-refractivity contribution is 5.09. The fraction of sp³-hybridized carbons (Fsp3) is 0.500. The van der Waals surface area contributed by atoms with Crippen molar-refractivity contribution in [2.45, 2.75) is 32.2 Å². The van der Waals surface area contributed by atoms with Crippen molar-refractivity contribution in [1.29, 1.82) is 0 Å². The lowest BCUT2D eigenvalue weighted by Crippen LogP contribution is -2.14. The van der Waals surface area contributed by atoms with E-state index in [1.807, 2.05) is 19.3 Å². The highest BCUT2D eigenvalue weighted by Crippen LogP contribution is 2.03. The maximum atomic E-state index is 5.64. The third-order valence-corrected chi connectivity index (χ3v) is 1.87. The highest BCUT2D eigenvalue weighted by atomic mass is 14.6. The molecule has 12 heavy (non-hydrogen) atoms. The Morgan fingerprint density at radius 1 is 1.42 bits per heavy atom. The summed E-state index contributed by atoms with van der Waals surface area (Å²) in [6.45, 7) is 2.05.